The van der Waals surface area contributed by atoms with Crippen LogP contribution in [0.15, 0.2) is 48.5 Å². The molecule has 0 aliphatic heterocycles. The number of ether oxygens (including phenoxy) is 1. The van der Waals surface area contributed by atoms with E-state index < -0.39 is 0 Å². The maximum Gasteiger partial charge on any atom is 0.319 e. The van der Waals surface area contributed by atoms with Crippen LogP contribution in [0.5, 0.6) is 0 Å². The molecular formula is C17H18N4O2. The van der Waals surface area contributed by atoms with Gasteiger partial charge in [0.2, 0.25) is 0 Å². The normalized spacial score (nSPS) is 10.7. The molecular weight excluding hydrogens is 292 g/mol. The monoisotopic (exact) mass is 310 g/mol. The van der Waals surface area contributed by atoms with Crippen LogP contribution in [0.25, 0.3) is 22.4 Å². The number of hydrogen-bond donors (Lipinski definition) is 3. The van der Waals surface area contributed by atoms with Crippen molar-refractivity contribution in [3.05, 3.63) is 48.5 Å². The Morgan fingerprint density at radius 2 is 1.96 bits per heavy atom. The van der Waals surface area contributed by atoms with Crippen LogP contribution in [0.2, 0.25) is 0 Å². The molecule has 0 aliphatic carbocycles. The number of carbonyl (C=O) groups is 1. The van der Waals surface area contributed by atoms with Crippen LogP contribution in [-0.4, -0.2) is 36.3 Å². The summed E-state index contributed by atoms with van der Waals surface area (Å²) in [6.45, 7) is 0.956. The van der Waals surface area contributed by atoms with E-state index in [0.29, 0.717) is 13.2 Å². The maximum atomic E-state index is 11.7. The van der Waals surface area contributed by atoms with Crippen molar-refractivity contribution in [1.29, 1.82) is 0 Å². The van der Waals surface area contributed by atoms with E-state index >= 15 is 0 Å². The number of hydrogen-bond acceptors (Lipinski definition) is 3. The molecule has 6 heteroatoms. The second-order valence-electron chi connectivity index (χ2n) is 5.05. The molecule has 1 aromatic heterocycles. The lowest BCUT2D eigenvalue weighted by Gasteiger charge is -2.07. The first-order valence-electron chi connectivity index (χ1n) is 7.35. The van der Waals surface area contributed by atoms with Gasteiger partial charge in [-0.2, -0.15) is 0 Å². The third-order valence-electron chi connectivity index (χ3n) is 3.40. The molecule has 118 valence electrons. The molecule has 23 heavy (non-hydrogen) atoms. The highest BCUT2D eigenvalue weighted by atomic mass is 16.5. The molecule has 0 spiro atoms. The van der Waals surface area contributed by atoms with Crippen molar-refractivity contribution in [2.24, 2.45) is 0 Å². The van der Waals surface area contributed by atoms with Crippen LogP contribution in [0.1, 0.15) is 0 Å². The standard InChI is InChI=1S/C17H18N4O2/c1-23-11-10-18-17(22)19-13-8-6-12(7-9-13)16-20-14-4-2-3-5-15(14)21-16/h2-9H,10-11H2,1H3,(H,20,21)(H2,18,19,22). The quantitative estimate of drug-likeness (QED) is 0.634. The lowest BCUT2D eigenvalue weighted by molar-refractivity contribution is 0.198. The van der Waals surface area contributed by atoms with Gasteiger partial charge >= 0.3 is 6.03 Å². The molecule has 0 bridgehead atoms. The Morgan fingerprint density at radius 1 is 1.17 bits per heavy atom. The van der Waals surface area contributed by atoms with E-state index in [4.69, 9.17) is 4.74 Å². The molecule has 2 aromatic carbocycles. The lowest BCUT2D eigenvalue weighted by atomic mass is 10.2. The Kier molecular flexibility index (Phi) is 4.54. The van der Waals surface area contributed by atoms with Crippen molar-refractivity contribution in [1.82, 2.24) is 15.3 Å². The number of para-hydroxylation sites is 2. The minimum absolute atomic E-state index is 0.251. The van der Waals surface area contributed by atoms with Gasteiger partial charge in [0, 0.05) is 24.9 Å². The van der Waals surface area contributed by atoms with E-state index in [-0.39, 0.29) is 6.03 Å². The van der Waals surface area contributed by atoms with Crippen LogP contribution >= 0.6 is 0 Å². The molecule has 0 fully saturated rings. The minimum Gasteiger partial charge on any atom is -0.383 e. The zero-order chi connectivity index (χ0) is 16.1. The van der Waals surface area contributed by atoms with Gasteiger partial charge in [-0.3, -0.25) is 0 Å². The van der Waals surface area contributed by atoms with Gasteiger partial charge in [-0.05, 0) is 36.4 Å². The fraction of sp³-hybridized carbons (Fsp3) is 0.176. The Balaban J connectivity index is 1.68. The van der Waals surface area contributed by atoms with Crippen molar-refractivity contribution in [3.63, 3.8) is 0 Å². The van der Waals surface area contributed by atoms with Crippen molar-refractivity contribution in [3.8, 4) is 11.4 Å². The largest absolute Gasteiger partial charge is 0.383 e. The Hall–Kier alpha value is -2.86. The molecule has 2 amide bonds. The number of amides is 2. The minimum atomic E-state index is -0.251. The second-order valence-corrected chi connectivity index (χ2v) is 5.05. The first-order chi connectivity index (χ1) is 11.3. The number of urea groups is 1. The van der Waals surface area contributed by atoms with Crippen molar-refractivity contribution in [2.75, 3.05) is 25.6 Å². The summed E-state index contributed by atoms with van der Waals surface area (Å²) in [6, 6.07) is 15.2. The van der Waals surface area contributed by atoms with Crippen LogP contribution in [0, 0.1) is 0 Å². The third kappa shape index (κ3) is 3.67. The highest BCUT2D eigenvalue weighted by Crippen LogP contribution is 2.21. The number of nitrogens with zero attached hydrogens (tertiary/aromatic N) is 1. The first-order valence-corrected chi connectivity index (χ1v) is 7.35. The van der Waals surface area contributed by atoms with Gasteiger partial charge in [0.15, 0.2) is 0 Å². The van der Waals surface area contributed by atoms with Crippen LogP contribution < -0.4 is 10.6 Å². The summed E-state index contributed by atoms with van der Waals surface area (Å²) in [5.41, 5.74) is 3.62. The van der Waals surface area contributed by atoms with E-state index in [1.807, 2.05) is 48.5 Å². The molecule has 0 radical (unpaired) electrons. The summed E-state index contributed by atoms with van der Waals surface area (Å²) >= 11 is 0. The predicted octanol–water partition coefficient (Wildman–Crippen LogP) is 3.00. The zero-order valence-electron chi connectivity index (χ0n) is 12.8. The molecule has 1 heterocycles. The Labute approximate surface area is 133 Å². The van der Waals surface area contributed by atoms with Gasteiger partial charge < -0.3 is 20.4 Å². The zero-order valence-corrected chi connectivity index (χ0v) is 12.8. The topological polar surface area (TPSA) is 79.0 Å². The Morgan fingerprint density at radius 3 is 2.70 bits per heavy atom. The molecule has 0 unspecified atom stereocenters. The number of carbonyl (C=O) groups excluding carboxylic acids is 1. The molecule has 0 saturated carbocycles. The summed E-state index contributed by atoms with van der Waals surface area (Å²) < 4.78 is 4.88. The van der Waals surface area contributed by atoms with E-state index in [9.17, 15) is 4.79 Å². The second kappa shape index (κ2) is 6.93. The van der Waals surface area contributed by atoms with E-state index in [2.05, 4.69) is 20.6 Å². The maximum absolute atomic E-state index is 11.7. The smallest absolute Gasteiger partial charge is 0.319 e. The first kappa shape index (κ1) is 15.1. The average Bonchev–Trinajstić information content (AvgIpc) is 3.00. The van der Waals surface area contributed by atoms with Crippen molar-refractivity contribution in [2.45, 2.75) is 0 Å². The number of H-pyrrole nitrogens is 1. The Bertz CT molecular complexity index is 763. The SMILES string of the molecule is COCCNC(=O)Nc1ccc(-c2nc3ccccc3[nH]2)cc1. The van der Waals surface area contributed by atoms with E-state index in [1.165, 1.54) is 0 Å². The summed E-state index contributed by atoms with van der Waals surface area (Å²) in [5.74, 6) is 0.808. The highest BCUT2D eigenvalue weighted by Gasteiger charge is 2.06. The number of rotatable bonds is 5. The molecule has 3 N–H and O–H groups in total. The van der Waals surface area contributed by atoms with Gasteiger partial charge in [0.1, 0.15) is 5.82 Å². The number of aromatic nitrogens is 2. The number of methoxy groups -OCH3 is 1. The van der Waals surface area contributed by atoms with Gasteiger partial charge in [0.25, 0.3) is 0 Å². The van der Waals surface area contributed by atoms with E-state index in [1.54, 1.807) is 7.11 Å². The molecule has 3 rings (SSSR count). The lowest BCUT2D eigenvalue weighted by Crippen LogP contribution is -2.31. The number of nitrogens with one attached hydrogen (secondary N) is 3. The number of imidazole rings is 1. The van der Waals surface area contributed by atoms with Crippen LogP contribution in [0.4, 0.5) is 10.5 Å². The van der Waals surface area contributed by atoms with Gasteiger partial charge in [-0.15, -0.1) is 0 Å². The molecule has 0 aliphatic rings. The summed E-state index contributed by atoms with van der Waals surface area (Å²) in [5, 5.41) is 5.47. The van der Waals surface area contributed by atoms with Gasteiger partial charge in [0.05, 0.1) is 17.6 Å². The molecule has 0 saturated heterocycles. The summed E-state index contributed by atoms with van der Waals surface area (Å²) in [6.07, 6.45) is 0. The number of anilines is 1. The fourth-order valence-corrected chi connectivity index (χ4v) is 2.24. The highest BCUT2D eigenvalue weighted by molar-refractivity contribution is 5.89. The molecule has 0 atom stereocenters. The average molecular weight is 310 g/mol. The van der Waals surface area contributed by atoms with Crippen molar-refractivity contribution >= 4 is 22.8 Å². The number of fused-ring (bicyclic) bond motifs is 1. The third-order valence-corrected chi connectivity index (χ3v) is 3.40. The van der Waals surface area contributed by atoms with Crippen LogP contribution in [-0.2, 0) is 4.74 Å². The number of benzene rings is 2. The molecule has 3 aromatic rings. The van der Waals surface area contributed by atoms with Gasteiger partial charge in [-0.1, -0.05) is 12.1 Å². The van der Waals surface area contributed by atoms with Gasteiger partial charge in [-0.25, -0.2) is 9.78 Å². The van der Waals surface area contributed by atoms with E-state index in [0.717, 1.165) is 28.1 Å². The predicted molar refractivity (Wildman–Crippen MR) is 90.4 cm³/mol. The number of aromatic amines is 1. The van der Waals surface area contributed by atoms with Crippen molar-refractivity contribution < 1.29 is 9.53 Å². The summed E-state index contributed by atoms with van der Waals surface area (Å²) in [4.78, 5) is 19.5. The summed E-state index contributed by atoms with van der Waals surface area (Å²) in [7, 11) is 1.59. The molecule has 6 nitrogen and oxygen atoms in total. The van der Waals surface area contributed by atoms with Crippen LogP contribution in [0.3, 0.4) is 0 Å². The fourth-order valence-electron chi connectivity index (χ4n) is 2.24.